The summed E-state index contributed by atoms with van der Waals surface area (Å²) in [6.07, 6.45) is 0.474. The summed E-state index contributed by atoms with van der Waals surface area (Å²) in [6.45, 7) is 2.19. The molecule has 2 saturated heterocycles. The summed E-state index contributed by atoms with van der Waals surface area (Å²) >= 11 is 0. The van der Waals surface area contributed by atoms with E-state index in [2.05, 4.69) is 15.1 Å². The maximum atomic E-state index is 12.5. The first kappa shape index (κ1) is 23.7. The summed E-state index contributed by atoms with van der Waals surface area (Å²) in [5.41, 5.74) is 10.9. The fourth-order valence-corrected chi connectivity index (χ4v) is 3.91. The van der Waals surface area contributed by atoms with Gasteiger partial charge in [-0.05, 0) is 37.5 Å². The molecular formula is C18H25N5O8S. The van der Waals surface area contributed by atoms with E-state index >= 15 is 0 Å². The van der Waals surface area contributed by atoms with Crippen molar-refractivity contribution in [2.75, 3.05) is 13.2 Å². The van der Waals surface area contributed by atoms with Crippen LogP contribution in [0.1, 0.15) is 25.3 Å². The number of hydrazine groups is 1. The van der Waals surface area contributed by atoms with Gasteiger partial charge in [-0.25, -0.2) is 4.79 Å². The largest absolute Gasteiger partial charge is 0.492 e. The molecule has 14 heteroatoms. The minimum atomic E-state index is -4.87. The van der Waals surface area contributed by atoms with Crippen molar-refractivity contribution in [2.24, 2.45) is 5.73 Å². The number of urea groups is 1. The Bertz CT molecular complexity index is 985. The predicted molar refractivity (Wildman–Crippen MR) is 109 cm³/mol. The Hall–Kier alpha value is -2.94. The fraction of sp³-hybridized carbons (Fsp3) is 0.500. The van der Waals surface area contributed by atoms with E-state index in [0.717, 1.165) is 4.90 Å². The lowest BCUT2D eigenvalue weighted by atomic mass is 10.0. The van der Waals surface area contributed by atoms with Crippen molar-refractivity contribution in [1.29, 1.82) is 0 Å². The summed E-state index contributed by atoms with van der Waals surface area (Å²) in [5, 5.41) is 0.543. The van der Waals surface area contributed by atoms with Crippen LogP contribution in [0.2, 0.25) is 0 Å². The molecule has 0 unspecified atom stereocenters. The van der Waals surface area contributed by atoms with Crippen LogP contribution in [0.25, 0.3) is 0 Å². The van der Waals surface area contributed by atoms with Gasteiger partial charge in [0.1, 0.15) is 18.4 Å². The molecule has 176 valence electrons. The van der Waals surface area contributed by atoms with Crippen LogP contribution in [0.15, 0.2) is 24.3 Å². The van der Waals surface area contributed by atoms with Gasteiger partial charge >= 0.3 is 16.4 Å². The predicted octanol–water partition coefficient (Wildman–Crippen LogP) is -0.894. The average Bonchev–Trinajstić information content (AvgIpc) is 2.94. The van der Waals surface area contributed by atoms with Crippen molar-refractivity contribution in [1.82, 2.24) is 20.8 Å². The average molecular weight is 471 g/mol. The highest BCUT2D eigenvalue weighted by Gasteiger charge is 2.49. The van der Waals surface area contributed by atoms with Crippen molar-refractivity contribution < 1.29 is 36.4 Å². The molecule has 3 atom stereocenters. The molecule has 0 aliphatic carbocycles. The lowest BCUT2D eigenvalue weighted by Gasteiger charge is -2.29. The van der Waals surface area contributed by atoms with Gasteiger partial charge in [0, 0.05) is 12.6 Å². The van der Waals surface area contributed by atoms with Crippen molar-refractivity contribution in [3.63, 3.8) is 0 Å². The molecule has 2 bridgehead atoms. The number of carbonyl (C=O) groups is 3. The third-order valence-electron chi connectivity index (χ3n) is 4.90. The molecular weight excluding hydrogens is 446 g/mol. The van der Waals surface area contributed by atoms with Crippen molar-refractivity contribution >= 4 is 28.2 Å². The Morgan fingerprint density at radius 2 is 2.06 bits per heavy atom. The number of hydrogen-bond acceptors (Lipinski definition) is 8. The van der Waals surface area contributed by atoms with E-state index in [-0.39, 0.29) is 31.8 Å². The van der Waals surface area contributed by atoms with E-state index in [4.69, 9.17) is 15.0 Å². The Morgan fingerprint density at radius 3 is 2.75 bits per heavy atom. The van der Waals surface area contributed by atoms with Crippen LogP contribution in [0.3, 0.4) is 0 Å². The van der Waals surface area contributed by atoms with E-state index in [9.17, 15) is 22.8 Å². The molecule has 0 radical (unpaired) electrons. The first-order valence-electron chi connectivity index (χ1n) is 9.86. The van der Waals surface area contributed by atoms with E-state index in [1.807, 2.05) is 0 Å². The zero-order valence-corrected chi connectivity index (χ0v) is 18.1. The van der Waals surface area contributed by atoms with Crippen LogP contribution < -0.4 is 21.3 Å². The lowest BCUT2D eigenvalue weighted by Crippen LogP contribution is -2.54. The van der Waals surface area contributed by atoms with Crippen LogP contribution in [-0.2, 0) is 30.7 Å². The number of benzene rings is 1. The SMILES string of the molecule is C[C@@H](N)COc1cccc(CC(=O)NNC(=O)[C@@H]2CC[C@@H]3CN2C(=O)N3OS(=O)(=O)O)c1. The van der Waals surface area contributed by atoms with E-state index in [0.29, 0.717) is 23.0 Å². The molecule has 0 spiro atoms. The zero-order chi connectivity index (χ0) is 23.5. The summed E-state index contributed by atoms with van der Waals surface area (Å²) in [5.74, 6) is -0.550. The quantitative estimate of drug-likeness (QED) is 0.276. The van der Waals surface area contributed by atoms with Crippen LogP contribution in [-0.4, -0.2) is 72.1 Å². The maximum absolute atomic E-state index is 12.5. The number of fused-ring (bicyclic) bond motifs is 2. The first-order chi connectivity index (χ1) is 15.0. The van der Waals surface area contributed by atoms with Crippen molar-refractivity contribution in [2.45, 2.75) is 44.3 Å². The highest BCUT2D eigenvalue weighted by molar-refractivity contribution is 7.80. The summed E-state index contributed by atoms with van der Waals surface area (Å²) in [6, 6.07) is 4.36. The van der Waals surface area contributed by atoms with Crippen molar-refractivity contribution in [3.05, 3.63) is 29.8 Å². The standard InChI is InChI=1S/C18H25N5O8S/c1-11(19)10-30-14-4-2-3-12(7-14)8-16(24)20-21-17(25)15-6-5-13-9-22(15)18(26)23(13)31-32(27,28)29/h2-4,7,11,13,15H,5-6,8-10,19H2,1H3,(H,20,24)(H,21,25)(H,27,28,29)/t11-,13-,15+/m1/s1. The molecule has 2 aliphatic heterocycles. The maximum Gasteiger partial charge on any atom is 0.418 e. The molecule has 3 rings (SSSR count). The number of rotatable bonds is 8. The van der Waals surface area contributed by atoms with Crippen LogP contribution >= 0.6 is 0 Å². The normalized spacial score (nSPS) is 21.3. The molecule has 0 aromatic heterocycles. The summed E-state index contributed by atoms with van der Waals surface area (Å²) in [4.78, 5) is 38.2. The minimum absolute atomic E-state index is 0.0268. The number of carbonyl (C=O) groups excluding carboxylic acids is 3. The van der Waals surface area contributed by atoms with Crippen LogP contribution in [0.4, 0.5) is 4.79 Å². The Morgan fingerprint density at radius 1 is 1.31 bits per heavy atom. The molecule has 4 amide bonds. The highest BCUT2D eigenvalue weighted by atomic mass is 32.3. The number of amides is 4. The van der Waals surface area contributed by atoms with Gasteiger partial charge in [-0.2, -0.15) is 13.5 Å². The molecule has 2 fully saturated rings. The second kappa shape index (κ2) is 9.68. The van der Waals surface area contributed by atoms with Crippen LogP contribution in [0.5, 0.6) is 5.75 Å². The third-order valence-corrected chi connectivity index (χ3v) is 5.25. The number of nitrogens with zero attached hydrogens (tertiary/aromatic N) is 2. The first-order valence-corrected chi connectivity index (χ1v) is 11.2. The molecule has 1 aromatic rings. The molecule has 0 saturated carbocycles. The Balaban J connectivity index is 1.51. The molecule has 5 N–H and O–H groups in total. The van der Waals surface area contributed by atoms with E-state index in [1.54, 1.807) is 31.2 Å². The van der Waals surface area contributed by atoms with Gasteiger partial charge < -0.3 is 15.4 Å². The number of hydroxylamine groups is 2. The second-order valence-corrected chi connectivity index (χ2v) is 8.66. The number of nitrogens with one attached hydrogen (secondary N) is 2. The third kappa shape index (κ3) is 6.06. The summed E-state index contributed by atoms with van der Waals surface area (Å²) < 4.78 is 40.5. The van der Waals surface area contributed by atoms with Gasteiger partial charge in [-0.15, -0.1) is 4.28 Å². The second-order valence-electron chi connectivity index (χ2n) is 7.66. The molecule has 2 aliphatic rings. The fourth-order valence-electron chi connectivity index (χ4n) is 3.52. The molecule has 13 nitrogen and oxygen atoms in total. The molecule has 32 heavy (non-hydrogen) atoms. The smallest absolute Gasteiger partial charge is 0.418 e. The van der Waals surface area contributed by atoms with Crippen LogP contribution in [0, 0.1) is 0 Å². The molecule has 2 heterocycles. The van der Waals surface area contributed by atoms with Gasteiger partial charge in [0.05, 0.1) is 12.5 Å². The van der Waals surface area contributed by atoms with Gasteiger partial charge in [-0.1, -0.05) is 12.1 Å². The van der Waals surface area contributed by atoms with Gasteiger partial charge in [-0.3, -0.25) is 25.0 Å². The minimum Gasteiger partial charge on any atom is -0.492 e. The number of piperidine rings is 1. The Kier molecular flexibility index (Phi) is 7.18. The number of ether oxygens (including phenoxy) is 1. The van der Waals surface area contributed by atoms with Gasteiger partial charge in [0.15, 0.2) is 0 Å². The van der Waals surface area contributed by atoms with Gasteiger partial charge in [0.2, 0.25) is 5.91 Å². The highest BCUT2D eigenvalue weighted by Crippen LogP contribution is 2.30. The zero-order valence-electron chi connectivity index (χ0n) is 17.3. The Labute approximate surface area is 184 Å². The summed E-state index contributed by atoms with van der Waals surface area (Å²) in [7, 11) is -4.87. The van der Waals surface area contributed by atoms with E-state index in [1.165, 1.54) is 0 Å². The monoisotopic (exact) mass is 471 g/mol. The molecule has 1 aromatic carbocycles. The number of hydrogen-bond donors (Lipinski definition) is 4. The van der Waals surface area contributed by atoms with Crippen molar-refractivity contribution in [3.8, 4) is 5.75 Å². The van der Waals surface area contributed by atoms with Gasteiger partial charge in [0.25, 0.3) is 5.91 Å². The van der Waals surface area contributed by atoms with E-state index < -0.39 is 40.3 Å². The lowest BCUT2D eigenvalue weighted by molar-refractivity contribution is -0.131. The topological polar surface area (TPSA) is 181 Å². The number of nitrogens with two attached hydrogens (primary N) is 1.